The average Bonchev–Trinajstić information content (AvgIpc) is 2.42. The maximum absolute atomic E-state index is 12.2. The monoisotopic (exact) mass is 275 g/mol. The molecule has 0 bridgehead atoms. The molecule has 0 aromatic carbocycles. The first-order valence-corrected chi connectivity index (χ1v) is 7.67. The number of ether oxygens (including phenoxy) is 1. The van der Waals surface area contributed by atoms with E-state index in [1.54, 1.807) is 0 Å². The number of aromatic nitrogens is 1. The Morgan fingerprint density at radius 3 is 2.60 bits per heavy atom. The second kappa shape index (κ2) is 5.94. The van der Waals surface area contributed by atoms with Crippen molar-refractivity contribution in [1.29, 1.82) is 0 Å². The highest BCUT2D eigenvalue weighted by Crippen LogP contribution is 2.39. The third-order valence-electron chi connectivity index (χ3n) is 4.19. The molecule has 0 fully saturated rings. The molecule has 1 aliphatic carbocycles. The minimum Gasteiger partial charge on any atom is -0.462 e. The van der Waals surface area contributed by atoms with Crippen molar-refractivity contribution in [2.45, 2.75) is 65.2 Å². The molecule has 0 N–H and O–H groups in total. The summed E-state index contributed by atoms with van der Waals surface area (Å²) in [4.78, 5) is 17.0. The lowest BCUT2D eigenvalue weighted by atomic mass is 9.80. The minimum absolute atomic E-state index is 0.226. The molecular weight excluding hydrogens is 250 g/mol. The molecule has 0 aliphatic heterocycles. The van der Waals surface area contributed by atoms with Gasteiger partial charge < -0.3 is 4.74 Å². The Kier molecular flexibility index (Phi) is 4.46. The van der Waals surface area contributed by atoms with Crippen molar-refractivity contribution in [1.82, 2.24) is 4.98 Å². The molecule has 0 radical (unpaired) electrons. The number of nitrogens with zero attached hydrogens (tertiary/aromatic N) is 1. The van der Waals surface area contributed by atoms with Crippen molar-refractivity contribution in [3.05, 3.63) is 28.6 Å². The summed E-state index contributed by atoms with van der Waals surface area (Å²) in [5, 5.41) is 0. The van der Waals surface area contributed by atoms with Crippen molar-refractivity contribution >= 4 is 5.97 Å². The summed E-state index contributed by atoms with van der Waals surface area (Å²) in [6.07, 6.45) is 2.34. The number of hydrogen-bond acceptors (Lipinski definition) is 3. The number of fused-ring (bicyclic) bond motifs is 1. The van der Waals surface area contributed by atoms with E-state index in [0.717, 1.165) is 5.69 Å². The molecule has 1 aromatic heterocycles. The summed E-state index contributed by atoms with van der Waals surface area (Å²) in [5.41, 5.74) is 3.95. The number of rotatable bonds is 3. The van der Waals surface area contributed by atoms with Crippen LogP contribution in [0, 0.1) is 0 Å². The zero-order chi connectivity index (χ0) is 14.9. The lowest BCUT2D eigenvalue weighted by molar-refractivity contribution is 0.0523. The fourth-order valence-corrected chi connectivity index (χ4v) is 2.95. The van der Waals surface area contributed by atoms with Gasteiger partial charge in [0.2, 0.25) is 0 Å². The van der Waals surface area contributed by atoms with E-state index in [1.807, 2.05) is 13.0 Å². The van der Waals surface area contributed by atoms with Crippen molar-refractivity contribution in [3.8, 4) is 0 Å². The number of carbonyl (C=O) groups is 1. The molecule has 110 valence electrons. The second-order valence-corrected chi connectivity index (χ2v) is 6.15. The lowest BCUT2D eigenvalue weighted by Gasteiger charge is -2.28. The van der Waals surface area contributed by atoms with Crippen LogP contribution >= 0.6 is 0 Å². The standard InChI is InChI=1S/C17H25NO2/c1-6-20-17(19)14-9-13-11(4)7-8-12(5)16(13)18-15(14)10(2)3/h9-12H,6-8H2,1-5H3. The van der Waals surface area contributed by atoms with Crippen LogP contribution in [0.4, 0.5) is 0 Å². The quantitative estimate of drug-likeness (QED) is 0.768. The summed E-state index contributed by atoms with van der Waals surface area (Å²) in [5.74, 6) is 0.944. The van der Waals surface area contributed by atoms with E-state index >= 15 is 0 Å². The second-order valence-electron chi connectivity index (χ2n) is 6.15. The highest BCUT2D eigenvalue weighted by molar-refractivity contribution is 5.91. The zero-order valence-electron chi connectivity index (χ0n) is 13.2. The predicted molar refractivity (Wildman–Crippen MR) is 80.3 cm³/mol. The Morgan fingerprint density at radius 1 is 1.35 bits per heavy atom. The first kappa shape index (κ1) is 15.0. The molecule has 0 saturated heterocycles. The van der Waals surface area contributed by atoms with Crippen molar-refractivity contribution < 1.29 is 9.53 Å². The third kappa shape index (κ3) is 2.72. The van der Waals surface area contributed by atoms with Crippen LogP contribution in [-0.4, -0.2) is 17.6 Å². The highest BCUT2D eigenvalue weighted by atomic mass is 16.5. The first-order valence-electron chi connectivity index (χ1n) is 7.67. The van der Waals surface area contributed by atoms with Gasteiger partial charge in [0.05, 0.1) is 17.9 Å². The van der Waals surface area contributed by atoms with E-state index in [4.69, 9.17) is 9.72 Å². The summed E-state index contributed by atoms with van der Waals surface area (Å²) in [6.45, 7) is 10.8. The summed E-state index contributed by atoms with van der Waals surface area (Å²) < 4.78 is 5.19. The number of carbonyl (C=O) groups excluding carboxylic acids is 1. The van der Waals surface area contributed by atoms with Crippen LogP contribution < -0.4 is 0 Å². The van der Waals surface area contributed by atoms with Crippen LogP contribution in [0.1, 0.15) is 92.5 Å². The van der Waals surface area contributed by atoms with Gasteiger partial charge in [-0.2, -0.15) is 0 Å². The molecule has 1 heterocycles. The molecule has 3 nitrogen and oxygen atoms in total. The average molecular weight is 275 g/mol. The van der Waals surface area contributed by atoms with Gasteiger partial charge in [0.15, 0.2) is 0 Å². The maximum atomic E-state index is 12.2. The van der Waals surface area contributed by atoms with Crippen LogP contribution in [0.3, 0.4) is 0 Å². The molecule has 2 atom stereocenters. The largest absolute Gasteiger partial charge is 0.462 e. The van der Waals surface area contributed by atoms with E-state index in [2.05, 4.69) is 27.7 Å². The van der Waals surface area contributed by atoms with Gasteiger partial charge in [-0.15, -0.1) is 0 Å². The van der Waals surface area contributed by atoms with Gasteiger partial charge in [0, 0.05) is 5.69 Å². The van der Waals surface area contributed by atoms with Crippen LogP contribution in [0.5, 0.6) is 0 Å². The highest BCUT2D eigenvalue weighted by Gasteiger charge is 2.27. The van der Waals surface area contributed by atoms with Gasteiger partial charge in [-0.05, 0) is 49.1 Å². The third-order valence-corrected chi connectivity index (χ3v) is 4.19. The lowest BCUT2D eigenvalue weighted by Crippen LogP contribution is -2.19. The van der Waals surface area contributed by atoms with Gasteiger partial charge in [-0.1, -0.05) is 27.7 Å². The Balaban J connectivity index is 2.56. The Bertz CT molecular complexity index is 508. The molecule has 0 saturated carbocycles. The molecular formula is C17H25NO2. The van der Waals surface area contributed by atoms with E-state index in [1.165, 1.54) is 24.1 Å². The van der Waals surface area contributed by atoms with Gasteiger partial charge in [0.25, 0.3) is 0 Å². The Labute approximate surface area is 121 Å². The summed E-state index contributed by atoms with van der Waals surface area (Å²) in [7, 11) is 0. The molecule has 2 unspecified atom stereocenters. The number of hydrogen-bond donors (Lipinski definition) is 0. The fraction of sp³-hybridized carbons (Fsp3) is 0.647. The topological polar surface area (TPSA) is 39.2 Å². The van der Waals surface area contributed by atoms with Gasteiger partial charge in [0.1, 0.15) is 0 Å². The number of pyridine rings is 1. The van der Waals surface area contributed by atoms with E-state index < -0.39 is 0 Å². The fourth-order valence-electron chi connectivity index (χ4n) is 2.95. The summed E-state index contributed by atoms with van der Waals surface area (Å²) in [6, 6.07) is 2.04. The van der Waals surface area contributed by atoms with Crippen LogP contribution in [0.25, 0.3) is 0 Å². The molecule has 1 aromatic rings. The maximum Gasteiger partial charge on any atom is 0.339 e. The van der Waals surface area contributed by atoms with E-state index in [9.17, 15) is 4.79 Å². The van der Waals surface area contributed by atoms with Gasteiger partial charge in [-0.3, -0.25) is 4.98 Å². The van der Waals surface area contributed by atoms with Crippen molar-refractivity contribution in [2.75, 3.05) is 6.61 Å². The zero-order valence-corrected chi connectivity index (χ0v) is 13.2. The molecule has 0 spiro atoms. The van der Waals surface area contributed by atoms with Crippen LogP contribution in [0.15, 0.2) is 6.07 Å². The smallest absolute Gasteiger partial charge is 0.339 e. The molecule has 3 heteroatoms. The SMILES string of the molecule is CCOC(=O)c1cc2c(nc1C(C)C)C(C)CCC2C. The molecule has 20 heavy (non-hydrogen) atoms. The molecule has 1 aliphatic rings. The van der Waals surface area contributed by atoms with Crippen LogP contribution in [-0.2, 0) is 4.74 Å². The minimum atomic E-state index is -0.239. The van der Waals surface area contributed by atoms with Crippen LogP contribution in [0.2, 0.25) is 0 Å². The van der Waals surface area contributed by atoms with Gasteiger partial charge in [-0.25, -0.2) is 4.79 Å². The van der Waals surface area contributed by atoms with E-state index in [0.29, 0.717) is 24.0 Å². The number of esters is 1. The Morgan fingerprint density at radius 2 is 2.00 bits per heavy atom. The Hall–Kier alpha value is -1.38. The van der Waals surface area contributed by atoms with Gasteiger partial charge >= 0.3 is 5.97 Å². The molecule has 0 amide bonds. The first-order chi connectivity index (χ1) is 9.45. The summed E-state index contributed by atoms with van der Waals surface area (Å²) >= 11 is 0. The van der Waals surface area contributed by atoms with E-state index in [-0.39, 0.29) is 11.9 Å². The van der Waals surface area contributed by atoms with Crippen molar-refractivity contribution in [2.24, 2.45) is 0 Å². The normalized spacial score (nSPS) is 21.7. The molecule has 2 rings (SSSR count). The van der Waals surface area contributed by atoms with Crippen molar-refractivity contribution in [3.63, 3.8) is 0 Å². The predicted octanol–water partition coefficient (Wildman–Crippen LogP) is 4.38.